The molecule has 0 unspecified atom stereocenters. The van der Waals surface area contributed by atoms with E-state index in [0.717, 1.165) is 6.07 Å². The van der Waals surface area contributed by atoms with Crippen LogP contribution in [0.2, 0.25) is 5.02 Å². The summed E-state index contributed by atoms with van der Waals surface area (Å²) in [7, 11) is 0. The fourth-order valence-electron chi connectivity index (χ4n) is 1.62. The first-order valence-electron chi connectivity index (χ1n) is 5.51. The number of nitrogens with zero attached hydrogens (tertiary/aromatic N) is 1. The molecule has 0 heterocycles. The van der Waals surface area contributed by atoms with Crippen molar-refractivity contribution in [1.82, 2.24) is 0 Å². The number of carbonyl (C=O) groups excluding carboxylic acids is 1. The zero-order chi connectivity index (χ0) is 14.7. The highest BCUT2D eigenvalue weighted by Crippen LogP contribution is 2.23. The Labute approximate surface area is 125 Å². The van der Waals surface area contributed by atoms with Crippen LogP contribution in [0.15, 0.2) is 41.3 Å². The van der Waals surface area contributed by atoms with E-state index < -0.39 is 11.7 Å². The highest BCUT2D eigenvalue weighted by molar-refractivity contribution is 7.80. The molecule has 1 N–H and O–H groups in total. The minimum Gasteiger partial charge on any atom is -0.321 e. The minimum atomic E-state index is -0.695. The maximum absolute atomic E-state index is 13.4. The summed E-state index contributed by atoms with van der Waals surface area (Å²) in [5, 5.41) is 11.6. The Morgan fingerprint density at radius 2 is 2.10 bits per heavy atom. The van der Waals surface area contributed by atoms with Crippen LogP contribution < -0.4 is 5.32 Å². The summed E-state index contributed by atoms with van der Waals surface area (Å²) >= 11 is 10.1. The van der Waals surface area contributed by atoms with Crippen molar-refractivity contribution in [3.8, 4) is 6.07 Å². The van der Waals surface area contributed by atoms with E-state index in [4.69, 9.17) is 16.9 Å². The summed E-state index contributed by atoms with van der Waals surface area (Å²) in [6.07, 6.45) is 0. The van der Waals surface area contributed by atoms with Crippen LogP contribution in [0.4, 0.5) is 10.1 Å². The highest BCUT2D eigenvalue weighted by atomic mass is 35.5. The molecule has 0 aliphatic rings. The third-order valence-corrected chi connectivity index (χ3v) is 3.18. The van der Waals surface area contributed by atoms with E-state index in [1.807, 2.05) is 0 Å². The molecule has 2 rings (SSSR count). The zero-order valence-electron chi connectivity index (χ0n) is 10.0. The van der Waals surface area contributed by atoms with Crippen LogP contribution in [-0.2, 0) is 0 Å². The fourth-order valence-corrected chi connectivity index (χ4v) is 2.03. The van der Waals surface area contributed by atoms with Crippen molar-refractivity contribution in [2.45, 2.75) is 4.90 Å². The number of thiol groups is 1. The maximum Gasteiger partial charge on any atom is 0.257 e. The van der Waals surface area contributed by atoms with Gasteiger partial charge in [0, 0.05) is 4.90 Å². The Morgan fingerprint density at radius 3 is 2.80 bits per heavy atom. The van der Waals surface area contributed by atoms with Gasteiger partial charge in [0.2, 0.25) is 0 Å². The molecule has 0 aliphatic carbocycles. The summed E-state index contributed by atoms with van der Waals surface area (Å²) in [5.41, 5.74) is 0.0736. The van der Waals surface area contributed by atoms with Crippen molar-refractivity contribution in [3.05, 3.63) is 58.4 Å². The lowest BCUT2D eigenvalue weighted by Crippen LogP contribution is -2.14. The van der Waals surface area contributed by atoms with Crippen molar-refractivity contribution in [3.63, 3.8) is 0 Å². The van der Waals surface area contributed by atoms with Gasteiger partial charge in [-0.05, 0) is 30.3 Å². The molecule has 100 valence electrons. The number of carbonyl (C=O) groups is 1. The van der Waals surface area contributed by atoms with Crippen LogP contribution in [0, 0.1) is 17.1 Å². The van der Waals surface area contributed by atoms with Gasteiger partial charge >= 0.3 is 0 Å². The largest absolute Gasteiger partial charge is 0.321 e. The number of anilines is 1. The number of rotatable bonds is 2. The van der Waals surface area contributed by atoms with Crippen molar-refractivity contribution < 1.29 is 9.18 Å². The Hall–Kier alpha value is -2.03. The molecule has 2 aromatic carbocycles. The number of nitriles is 1. The lowest BCUT2D eigenvalue weighted by Gasteiger charge is -2.09. The second-order valence-electron chi connectivity index (χ2n) is 3.89. The van der Waals surface area contributed by atoms with Gasteiger partial charge in [-0.2, -0.15) is 5.26 Å². The molecular formula is C14H8ClFN2OS. The molecule has 0 aliphatic heterocycles. The third-order valence-electron chi connectivity index (χ3n) is 2.57. The SMILES string of the molecule is N#Cc1c(F)cccc1NC(=O)c1cc(S)ccc1Cl. The van der Waals surface area contributed by atoms with Crippen molar-refractivity contribution in [1.29, 1.82) is 5.26 Å². The van der Waals surface area contributed by atoms with E-state index in [9.17, 15) is 9.18 Å². The van der Waals surface area contributed by atoms with E-state index in [2.05, 4.69) is 17.9 Å². The molecule has 20 heavy (non-hydrogen) atoms. The van der Waals surface area contributed by atoms with Crippen LogP contribution in [0.25, 0.3) is 0 Å². The quantitative estimate of drug-likeness (QED) is 0.827. The number of nitrogens with one attached hydrogen (secondary N) is 1. The summed E-state index contributed by atoms with van der Waals surface area (Å²) in [6.45, 7) is 0. The third kappa shape index (κ3) is 2.93. The fraction of sp³-hybridized carbons (Fsp3) is 0. The first-order valence-corrected chi connectivity index (χ1v) is 6.34. The average Bonchev–Trinajstić information content (AvgIpc) is 2.41. The minimum absolute atomic E-state index is 0.0955. The van der Waals surface area contributed by atoms with Gasteiger partial charge in [0.15, 0.2) is 0 Å². The van der Waals surface area contributed by atoms with E-state index in [1.165, 1.54) is 24.3 Å². The summed E-state index contributed by atoms with van der Waals surface area (Å²) < 4.78 is 13.4. The average molecular weight is 307 g/mol. The molecule has 0 fully saturated rings. The van der Waals surface area contributed by atoms with Crippen LogP contribution in [-0.4, -0.2) is 5.91 Å². The van der Waals surface area contributed by atoms with Gasteiger partial charge in [-0.1, -0.05) is 17.7 Å². The number of hydrogen-bond acceptors (Lipinski definition) is 3. The molecule has 3 nitrogen and oxygen atoms in total. The molecular weight excluding hydrogens is 299 g/mol. The molecule has 0 bridgehead atoms. The smallest absolute Gasteiger partial charge is 0.257 e. The molecule has 0 spiro atoms. The molecule has 0 radical (unpaired) electrons. The Morgan fingerprint density at radius 1 is 1.35 bits per heavy atom. The van der Waals surface area contributed by atoms with Gasteiger partial charge < -0.3 is 5.32 Å². The molecule has 1 amide bonds. The Balaban J connectivity index is 2.36. The summed E-state index contributed by atoms with van der Waals surface area (Å²) in [6, 6.07) is 10.4. The second-order valence-corrected chi connectivity index (χ2v) is 4.82. The van der Waals surface area contributed by atoms with Gasteiger partial charge in [0.05, 0.1) is 16.3 Å². The van der Waals surface area contributed by atoms with Gasteiger partial charge in [0.1, 0.15) is 17.4 Å². The summed E-state index contributed by atoms with van der Waals surface area (Å²) in [5.74, 6) is -1.23. The first kappa shape index (κ1) is 14.4. The van der Waals surface area contributed by atoms with E-state index in [0.29, 0.717) is 4.90 Å². The van der Waals surface area contributed by atoms with Gasteiger partial charge in [-0.15, -0.1) is 12.6 Å². The lowest BCUT2D eigenvalue weighted by molar-refractivity contribution is 0.102. The Kier molecular flexibility index (Phi) is 4.28. The number of amides is 1. The van der Waals surface area contributed by atoms with Gasteiger partial charge in [-0.3, -0.25) is 4.79 Å². The van der Waals surface area contributed by atoms with Crippen LogP contribution in [0.1, 0.15) is 15.9 Å². The second kappa shape index (κ2) is 5.95. The molecule has 0 aromatic heterocycles. The Bertz CT molecular complexity index is 728. The molecule has 6 heteroatoms. The van der Waals surface area contributed by atoms with E-state index in [1.54, 1.807) is 12.1 Å². The highest BCUT2D eigenvalue weighted by Gasteiger charge is 2.14. The topological polar surface area (TPSA) is 52.9 Å². The number of benzene rings is 2. The van der Waals surface area contributed by atoms with Crippen LogP contribution >= 0.6 is 24.2 Å². The maximum atomic E-state index is 13.4. The van der Waals surface area contributed by atoms with E-state index in [-0.39, 0.29) is 21.8 Å². The number of halogens is 2. The lowest BCUT2D eigenvalue weighted by atomic mass is 10.1. The van der Waals surface area contributed by atoms with Crippen molar-refractivity contribution >= 4 is 35.8 Å². The zero-order valence-corrected chi connectivity index (χ0v) is 11.7. The monoisotopic (exact) mass is 306 g/mol. The predicted octanol–water partition coefficient (Wildman–Crippen LogP) is 3.89. The van der Waals surface area contributed by atoms with Gasteiger partial charge in [-0.25, -0.2) is 4.39 Å². The number of hydrogen-bond donors (Lipinski definition) is 2. The predicted molar refractivity (Wildman–Crippen MR) is 77.8 cm³/mol. The van der Waals surface area contributed by atoms with E-state index >= 15 is 0 Å². The normalized spacial score (nSPS) is 9.90. The van der Waals surface area contributed by atoms with Crippen LogP contribution in [0.3, 0.4) is 0 Å². The standard InChI is InChI=1S/C14H8ClFN2OS/c15-11-5-4-8(20)6-9(11)14(19)18-13-3-1-2-12(16)10(13)7-17/h1-6,20H,(H,18,19). The van der Waals surface area contributed by atoms with Gasteiger partial charge in [0.25, 0.3) is 5.91 Å². The summed E-state index contributed by atoms with van der Waals surface area (Å²) in [4.78, 5) is 12.7. The molecule has 0 atom stereocenters. The van der Waals surface area contributed by atoms with Crippen LogP contribution in [0.5, 0.6) is 0 Å². The van der Waals surface area contributed by atoms with Crippen molar-refractivity contribution in [2.24, 2.45) is 0 Å². The molecule has 0 saturated carbocycles. The first-order chi connectivity index (χ1) is 9.52. The van der Waals surface area contributed by atoms with Crippen molar-refractivity contribution in [2.75, 3.05) is 5.32 Å². The molecule has 0 saturated heterocycles. The molecule has 2 aromatic rings.